The second-order valence-corrected chi connectivity index (χ2v) is 6.25. The highest BCUT2D eigenvalue weighted by Crippen LogP contribution is 2.27. The van der Waals surface area contributed by atoms with Crippen molar-refractivity contribution >= 4 is 26.7 Å². The Hall–Kier alpha value is -1.17. The highest BCUT2D eigenvalue weighted by molar-refractivity contribution is 7.22. The number of thiazole rings is 1. The molecule has 0 saturated carbocycles. The number of hydrogen-bond donors (Lipinski definition) is 1. The van der Waals surface area contributed by atoms with Gasteiger partial charge in [0.05, 0.1) is 16.8 Å². The number of nitrogens with one attached hydrogen (secondary N) is 1. The molecule has 1 aromatic carbocycles. The highest BCUT2D eigenvalue weighted by Gasteiger charge is 2.12. The van der Waals surface area contributed by atoms with Crippen molar-refractivity contribution in [2.45, 2.75) is 19.4 Å². The van der Waals surface area contributed by atoms with E-state index in [0.29, 0.717) is 6.61 Å². The van der Waals surface area contributed by atoms with Gasteiger partial charge < -0.3 is 10.1 Å². The Bertz CT molecular complexity index is 563. The van der Waals surface area contributed by atoms with Gasteiger partial charge in [-0.05, 0) is 43.6 Å². The van der Waals surface area contributed by atoms with Crippen molar-refractivity contribution in [3.63, 3.8) is 0 Å². The fourth-order valence-electron chi connectivity index (χ4n) is 2.60. The number of anilines is 1. The number of fused-ring (bicyclic) bond motifs is 1. The molecule has 1 fully saturated rings. The smallest absolute Gasteiger partial charge is 0.183 e. The lowest BCUT2D eigenvalue weighted by atomic mass is 10.2. The fourth-order valence-corrected chi connectivity index (χ4v) is 3.56. The summed E-state index contributed by atoms with van der Waals surface area (Å²) in [6.45, 7) is 5.06. The first-order chi connectivity index (χ1) is 9.85. The first kappa shape index (κ1) is 13.8. The summed E-state index contributed by atoms with van der Waals surface area (Å²) < 4.78 is 6.31. The van der Waals surface area contributed by atoms with E-state index in [9.17, 15) is 0 Å². The maximum absolute atomic E-state index is 5.04. The van der Waals surface area contributed by atoms with Gasteiger partial charge in [0.25, 0.3) is 0 Å². The standard InChI is InChI=1S/C15H21N3OS/c1-19-9-6-16-15-17-13-5-4-12(10-14(13)20-15)11-18-7-2-3-8-18/h4-5,10H,2-3,6-9,11H2,1H3,(H,16,17). The number of rotatable bonds is 6. The van der Waals surface area contributed by atoms with Crippen molar-refractivity contribution in [1.29, 1.82) is 0 Å². The van der Waals surface area contributed by atoms with Crippen LogP contribution in [0.4, 0.5) is 5.13 Å². The van der Waals surface area contributed by atoms with Crippen LogP contribution in [0.15, 0.2) is 18.2 Å². The zero-order chi connectivity index (χ0) is 13.8. The Kier molecular flexibility index (Phi) is 4.50. The maximum atomic E-state index is 5.04. The summed E-state index contributed by atoms with van der Waals surface area (Å²) in [5.74, 6) is 0. The summed E-state index contributed by atoms with van der Waals surface area (Å²) in [4.78, 5) is 7.12. The van der Waals surface area contributed by atoms with E-state index in [1.54, 1.807) is 18.4 Å². The molecule has 1 aromatic heterocycles. The van der Waals surface area contributed by atoms with Gasteiger partial charge in [-0.25, -0.2) is 4.98 Å². The van der Waals surface area contributed by atoms with Crippen LogP contribution in [0.3, 0.4) is 0 Å². The third-order valence-electron chi connectivity index (χ3n) is 3.64. The van der Waals surface area contributed by atoms with Crippen LogP contribution < -0.4 is 5.32 Å². The van der Waals surface area contributed by atoms with Crippen molar-refractivity contribution in [3.8, 4) is 0 Å². The largest absolute Gasteiger partial charge is 0.383 e. The summed E-state index contributed by atoms with van der Waals surface area (Å²) in [6, 6.07) is 6.63. The van der Waals surface area contributed by atoms with Crippen LogP contribution in [0.2, 0.25) is 0 Å². The predicted octanol–water partition coefficient (Wildman–Crippen LogP) is 2.95. The lowest BCUT2D eigenvalue weighted by Gasteiger charge is -2.14. The van der Waals surface area contributed by atoms with E-state index in [4.69, 9.17) is 4.74 Å². The van der Waals surface area contributed by atoms with E-state index in [1.165, 1.54) is 36.2 Å². The quantitative estimate of drug-likeness (QED) is 0.830. The van der Waals surface area contributed by atoms with Crippen LogP contribution in [0.1, 0.15) is 18.4 Å². The van der Waals surface area contributed by atoms with Gasteiger partial charge in [0.1, 0.15) is 0 Å². The number of ether oxygens (including phenoxy) is 1. The monoisotopic (exact) mass is 291 g/mol. The van der Waals surface area contributed by atoms with E-state index >= 15 is 0 Å². The molecule has 5 heteroatoms. The van der Waals surface area contributed by atoms with Gasteiger partial charge in [-0.2, -0.15) is 0 Å². The number of nitrogens with zero attached hydrogens (tertiary/aromatic N) is 2. The van der Waals surface area contributed by atoms with Gasteiger partial charge in [-0.1, -0.05) is 17.4 Å². The molecule has 0 radical (unpaired) electrons. The minimum Gasteiger partial charge on any atom is -0.383 e. The Labute approximate surface area is 123 Å². The lowest BCUT2D eigenvalue weighted by molar-refractivity contribution is 0.211. The first-order valence-corrected chi connectivity index (χ1v) is 8.01. The van der Waals surface area contributed by atoms with Gasteiger partial charge in [0.2, 0.25) is 0 Å². The summed E-state index contributed by atoms with van der Waals surface area (Å²) in [6.07, 6.45) is 2.69. The van der Waals surface area contributed by atoms with E-state index in [0.717, 1.165) is 23.7 Å². The average molecular weight is 291 g/mol. The zero-order valence-electron chi connectivity index (χ0n) is 11.9. The van der Waals surface area contributed by atoms with Gasteiger partial charge in [-0.15, -0.1) is 0 Å². The minimum absolute atomic E-state index is 0.704. The molecular formula is C15H21N3OS. The van der Waals surface area contributed by atoms with E-state index in [2.05, 4.69) is 33.4 Å². The molecule has 0 atom stereocenters. The van der Waals surface area contributed by atoms with Gasteiger partial charge in [-0.3, -0.25) is 4.90 Å². The molecule has 108 valence electrons. The Morgan fingerprint density at radius 3 is 3.00 bits per heavy atom. The third kappa shape index (κ3) is 3.29. The molecule has 1 aliphatic heterocycles. The molecule has 0 amide bonds. The minimum atomic E-state index is 0.704. The molecule has 0 spiro atoms. The summed E-state index contributed by atoms with van der Waals surface area (Å²) in [7, 11) is 1.71. The van der Waals surface area contributed by atoms with Gasteiger partial charge in [0.15, 0.2) is 5.13 Å². The van der Waals surface area contributed by atoms with Crippen molar-refractivity contribution in [2.75, 3.05) is 38.7 Å². The molecule has 2 heterocycles. The highest BCUT2D eigenvalue weighted by atomic mass is 32.1. The normalized spacial score (nSPS) is 16.1. The summed E-state index contributed by atoms with van der Waals surface area (Å²) >= 11 is 1.72. The van der Waals surface area contributed by atoms with Gasteiger partial charge in [0, 0.05) is 20.2 Å². The number of benzene rings is 1. The topological polar surface area (TPSA) is 37.4 Å². The second kappa shape index (κ2) is 6.52. The van der Waals surface area contributed by atoms with Gasteiger partial charge >= 0.3 is 0 Å². The molecule has 1 saturated heterocycles. The van der Waals surface area contributed by atoms with Crippen LogP contribution in [-0.4, -0.2) is 43.2 Å². The molecule has 0 bridgehead atoms. The Morgan fingerprint density at radius 1 is 1.35 bits per heavy atom. The molecular weight excluding hydrogens is 270 g/mol. The van der Waals surface area contributed by atoms with E-state index in [1.807, 2.05) is 0 Å². The summed E-state index contributed by atoms with van der Waals surface area (Å²) in [5.41, 5.74) is 2.48. The van der Waals surface area contributed by atoms with Crippen LogP contribution in [-0.2, 0) is 11.3 Å². The SMILES string of the molecule is COCCNc1nc2ccc(CN3CCCC3)cc2s1. The number of methoxy groups -OCH3 is 1. The third-order valence-corrected chi connectivity index (χ3v) is 4.62. The number of hydrogen-bond acceptors (Lipinski definition) is 5. The van der Waals surface area contributed by atoms with Crippen LogP contribution in [0, 0.1) is 0 Å². The molecule has 20 heavy (non-hydrogen) atoms. The molecule has 0 unspecified atom stereocenters. The van der Waals surface area contributed by atoms with Crippen LogP contribution in [0.25, 0.3) is 10.2 Å². The van der Waals surface area contributed by atoms with E-state index < -0.39 is 0 Å². The number of aromatic nitrogens is 1. The molecule has 3 rings (SSSR count). The first-order valence-electron chi connectivity index (χ1n) is 7.20. The van der Waals surface area contributed by atoms with Crippen LogP contribution >= 0.6 is 11.3 Å². The van der Waals surface area contributed by atoms with Crippen LogP contribution in [0.5, 0.6) is 0 Å². The molecule has 2 aromatic rings. The van der Waals surface area contributed by atoms with Crippen molar-refractivity contribution in [3.05, 3.63) is 23.8 Å². The van der Waals surface area contributed by atoms with Crippen molar-refractivity contribution in [1.82, 2.24) is 9.88 Å². The predicted molar refractivity (Wildman–Crippen MR) is 84.5 cm³/mol. The average Bonchev–Trinajstić information content (AvgIpc) is 3.07. The molecule has 1 aliphatic rings. The maximum Gasteiger partial charge on any atom is 0.183 e. The lowest BCUT2D eigenvalue weighted by Crippen LogP contribution is -2.18. The fraction of sp³-hybridized carbons (Fsp3) is 0.533. The Balaban J connectivity index is 1.69. The molecule has 4 nitrogen and oxygen atoms in total. The number of likely N-dealkylation sites (tertiary alicyclic amines) is 1. The molecule has 0 aliphatic carbocycles. The summed E-state index contributed by atoms with van der Waals surface area (Å²) in [5, 5.41) is 4.28. The zero-order valence-corrected chi connectivity index (χ0v) is 12.7. The van der Waals surface area contributed by atoms with Crippen molar-refractivity contribution in [2.24, 2.45) is 0 Å². The molecule has 1 N–H and O–H groups in total. The second-order valence-electron chi connectivity index (χ2n) is 5.22. The Morgan fingerprint density at radius 2 is 2.20 bits per heavy atom. The van der Waals surface area contributed by atoms with E-state index in [-0.39, 0.29) is 0 Å². The van der Waals surface area contributed by atoms with Crippen molar-refractivity contribution < 1.29 is 4.74 Å².